The van der Waals surface area contributed by atoms with E-state index in [-0.39, 0.29) is 5.56 Å². The van der Waals surface area contributed by atoms with Crippen LogP contribution in [0.3, 0.4) is 0 Å². The van der Waals surface area contributed by atoms with E-state index in [0.29, 0.717) is 47.1 Å². The van der Waals surface area contributed by atoms with Gasteiger partial charge < -0.3 is 23.7 Å². The second kappa shape index (κ2) is 6.11. The van der Waals surface area contributed by atoms with Crippen LogP contribution in [-0.4, -0.2) is 41.8 Å². The third-order valence-electron chi connectivity index (χ3n) is 4.27. The van der Waals surface area contributed by atoms with Gasteiger partial charge >= 0.3 is 11.9 Å². The van der Waals surface area contributed by atoms with Crippen LogP contribution in [0.4, 0.5) is 0 Å². The molecule has 0 fully saturated rings. The molecule has 0 bridgehead atoms. The maximum absolute atomic E-state index is 12.1. The molecule has 0 atom stereocenters. The molecule has 0 spiro atoms. The van der Waals surface area contributed by atoms with Gasteiger partial charge in [0.1, 0.15) is 13.2 Å². The Bertz CT molecular complexity index is 1040. The number of pyridine rings is 1. The van der Waals surface area contributed by atoms with E-state index < -0.39 is 11.9 Å². The number of aromatic nitrogens is 1. The molecule has 1 aliphatic heterocycles. The summed E-state index contributed by atoms with van der Waals surface area (Å²) in [6.45, 7) is 0.757. The molecular weight excluding hydrogens is 338 g/mol. The Morgan fingerprint density at radius 1 is 1.08 bits per heavy atom. The monoisotopic (exact) mass is 353 g/mol. The van der Waals surface area contributed by atoms with Crippen molar-refractivity contribution in [3.8, 4) is 22.8 Å². The number of carbonyl (C=O) groups excluding carboxylic acids is 1. The van der Waals surface area contributed by atoms with Gasteiger partial charge in [0.25, 0.3) is 0 Å². The zero-order chi connectivity index (χ0) is 18.3. The van der Waals surface area contributed by atoms with Crippen molar-refractivity contribution in [1.29, 1.82) is 0 Å². The van der Waals surface area contributed by atoms with E-state index in [1.54, 1.807) is 40.9 Å². The van der Waals surface area contributed by atoms with E-state index in [0.717, 1.165) is 0 Å². The lowest BCUT2D eigenvalue weighted by atomic mass is 10.0. The first-order valence-corrected chi connectivity index (χ1v) is 7.96. The Morgan fingerprint density at radius 2 is 1.81 bits per heavy atom. The fraction of sp³-hybridized carbons (Fsp3) is 0.158. The number of fused-ring (bicyclic) bond motifs is 2. The second-order valence-corrected chi connectivity index (χ2v) is 5.74. The molecule has 3 heterocycles. The second-order valence-electron chi connectivity index (χ2n) is 5.74. The highest BCUT2D eigenvalue weighted by Crippen LogP contribution is 2.39. The quantitative estimate of drug-likeness (QED) is 0.729. The van der Waals surface area contributed by atoms with E-state index in [9.17, 15) is 14.7 Å². The number of benzene rings is 1. The average molecular weight is 353 g/mol. The third kappa shape index (κ3) is 2.45. The Balaban J connectivity index is 2.01. The highest BCUT2D eigenvalue weighted by molar-refractivity contribution is 6.02. The van der Waals surface area contributed by atoms with E-state index in [1.807, 2.05) is 0 Å². The van der Waals surface area contributed by atoms with Gasteiger partial charge in [-0.3, -0.25) is 0 Å². The lowest BCUT2D eigenvalue weighted by Crippen LogP contribution is -2.16. The zero-order valence-electron chi connectivity index (χ0n) is 13.9. The molecule has 4 rings (SSSR count). The predicted octanol–water partition coefficient (Wildman–Crippen LogP) is 2.86. The number of hydrogen-bond acceptors (Lipinski definition) is 5. The highest BCUT2D eigenvalue weighted by atomic mass is 16.6. The van der Waals surface area contributed by atoms with Crippen LogP contribution in [0.5, 0.6) is 11.5 Å². The molecule has 1 aromatic carbocycles. The van der Waals surface area contributed by atoms with Gasteiger partial charge in [0.2, 0.25) is 0 Å². The van der Waals surface area contributed by atoms with E-state index in [4.69, 9.17) is 14.2 Å². The van der Waals surface area contributed by atoms with Gasteiger partial charge in [0, 0.05) is 11.8 Å². The summed E-state index contributed by atoms with van der Waals surface area (Å²) in [4.78, 5) is 23.9. The number of carbonyl (C=O) groups is 2. The molecule has 0 aliphatic carbocycles. The van der Waals surface area contributed by atoms with Crippen molar-refractivity contribution in [3.05, 3.63) is 53.7 Å². The van der Waals surface area contributed by atoms with Crippen molar-refractivity contribution >= 4 is 17.5 Å². The first kappa shape index (κ1) is 16.0. The molecule has 26 heavy (non-hydrogen) atoms. The third-order valence-corrected chi connectivity index (χ3v) is 4.27. The molecule has 3 aromatic rings. The molecule has 1 N–H and O–H groups in total. The highest BCUT2D eigenvalue weighted by Gasteiger charge is 2.24. The van der Waals surface area contributed by atoms with Gasteiger partial charge in [-0.2, -0.15) is 0 Å². The number of hydrogen-bond donors (Lipinski definition) is 1. The summed E-state index contributed by atoms with van der Waals surface area (Å²) in [6.07, 6.45) is 1.76. The van der Waals surface area contributed by atoms with Crippen LogP contribution >= 0.6 is 0 Å². The van der Waals surface area contributed by atoms with Crippen LogP contribution in [-0.2, 0) is 4.74 Å². The van der Waals surface area contributed by atoms with Crippen LogP contribution in [0.2, 0.25) is 0 Å². The van der Waals surface area contributed by atoms with Crippen LogP contribution in [0.15, 0.2) is 42.6 Å². The molecule has 0 saturated carbocycles. The van der Waals surface area contributed by atoms with Crippen LogP contribution < -0.4 is 9.47 Å². The minimum atomic E-state index is -1.09. The fourth-order valence-corrected chi connectivity index (χ4v) is 3.11. The van der Waals surface area contributed by atoms with Gasteiger partial charge in [-0.1, -0.05) is 6.07 Å². The Labute approximate surface area is 148 Å². The predicted molar refractivity (Wildman–Crippen MR) is 92.1 cm³/mol. The average Bonchev–Trinajstić information content (AvgIpc) is 3.06. The van der Waals surface area contributed by atoms with Gasteiger partial charge in [0.05, 0.1) is 29.4 Å². The number of rotatable bonds is 3. The van der Waals surface area contributed by atoms with Crippen molar-refractivity contribution in [2.75, 3.05) is 20.3 Å². The molecule has 1 aliphatic rings. The molecule has 0 amide bonds. The normalized spacial score (nSPS) is 12.8. The molecule has 132 valence electrons. The van der Waals surface area contributed by atoms with E-state index >= 15 is 0 Å². The number of esters is 1. The van der Waals surface area contributed by atoms with Crippen LogP contribution in [0.1, 0.15) is 20.7 Å². The Hall–Kier alpha value is -3.48. The largest absolute Gasteiger partial charge is 0.486 e. The van der Waals surface area contributed by atoms with Crippen molar-refractivity contribution < 1.29 is 28.9 Å². The number of carboxylic acids is 1. The molecule has 0 radical (unpaired) electrons. The van der Waals surface area contributed by atoms with Crippen LogP contribution in [0, 0.1) is 0 Å². The van der Waals surface area contributed by atoms with E-state index in [1.165, 1.54) is 13.2 Å². The standard InChI is InChI=1S/C19H15NO6/c1-24-19(23)13-8-15(20-5-3-2-4-14(13)20)11-9-16-17(26-7-6-25-16)10-12(11)18(21)22/h2-5,8-10H,6-7H2,1H3,(H,21,22). The smallest absolute Gasteiger partial charge is 0.340 e. The zero-order valence-corrected chi connectivity index (χ0v) is 13.9. The summed E-state index contributed by atoms with van der Waals surface area (Å²) >= 11 is 0. The summed E-state index contributed by atoms with van der Waals surface area (Å²) < 4.78 is 17.7. The number of ether oxygens (including phenoxy) is 3. The summed E-state index contributed by atoms with van der Waals surface area (Å²) in [5.41, 5.74) is 2.03. The maximum atomic E-state index is 12.1. The Kier molecular flexibility index (Phi) is 3.76. The maximum Gasteiger partial charge on any atom is 0.340 e. The summed E-state index contributed by atoms with van der Waals surface area (Å²) in [6, 6.07) is 10.1. The minimum Gasteiger partial charge on any atom is -0.486 e. The summed E-state index contributed by atoms with van der Waals surface area (Å²) in [7, 11) is 1.31. The van der Waals surface area contributed by atoms with Crippen molar-refractivity contribution in [3.63, 3.8) is 0 Å². The number of carboxylic acid groups (broad SMARTS) is 1. The van der Waals surface area contributed by atoms with Crippen LogP contribution in [0.25, 0.3) is 16.8 Å². The molecule has 7 heteroatoms. The van der Waals surface area contributed by atoms with Crippen molar-refractivity contribution in [1.82, 2.24) is 4.40 Å². The fourth-order valence-electron chi connectivity index (χ4n) is 3.11. The summed E-state index contributed by atoms with van der Waals surface area (Å²) in [5.74, 6) is -0.718. The van der Waals surface area contributed by atoms with E-state index in [2.05, 4.69) is 0 Å². The summed E-state index contributed by atoms with van der Waals surface area (Å²) in [5, 5.41) is 9.67. The number of aromatic carboxylic acids is 1. The van der Waals surface area contributed by atoms with Crippen molar-refractivity contribution in [2.45, 2.75) is 0 Å². The first-order valence-electron chi connectivity index (χ1n) is 7.96. The SMILES string of the molecule is COC(=O)c1cc(-c2cc3c(cc2C(=O)O)OCCO3)n2ccccc12. The first-order chi connectivity index (χ1) is 12.6. The van der Waals surface area contributed by atoms with Gasteiger partial charge in [-0.05, 0) is 30.3 Å². The number of methoxy groups -OCH3 is 1. The molecular formula is C19H15NO6. The minimum absolute atomic E-state index is 0.0638. The molecule has 7 nitrogen and oxygen atoms in total. The van der Waals surface area contributed by atoms with Gasteiger partial charge in [-0.15, -0.1) is 0 Å². The van der Waals surface area contributed by atoms with Gasteiger partial charge in [0.15, 0.2) is 11.5 Å². The van der Waals surface area contributed by atoms with Crippen molar-refractivity contribution in [2.24, 2.45) is 0 Å². The lowest BCUT2D eigenvalue weighted by molar-refractivity contribution is 0.0602. The number of nitrogens with zero attached hydrogens (tertiary/aromatic N) is 1. The van der Waals surface area contributed by atoms with Gasteiger partial charge in [-0.25, -0.2) is 9.59 Å². The lowest BCUT2D eigenvalue weighted by Gasteiger charge is -2.20. The molecule has 0 unspecified atom stereocenters. The topological polar surface area (TPSA) is 86.5 Å². The molecule has 2 aromatic heterocycles. The Morgan fingerprint density at radius 3 is 2.50 bits per heavy atom. The molecule has 0 saturated heterocycles.